The Balaban J connectivity index is 1.83. The summed E-state index contributed by atoms with van der Waals surface area (Å²) in [6.45, 7) is 1.01. The van der Waals surface area contributed by atoms with Gasteiger partial charge in [0, 0.05) is 30.8 Å². The Morgan fingerprint density at radius 3 is 3.11 bits per heavy atom. The van der Waals surface area contributed by atoms with E-state index in [9.17, 15) is 4.79 Å². The molecule has 1 heterocycles. The molecule has 0 saturated carbocycles. The van der Waals surface area contributed by atoms with E-state index in [2.05, 4.69) is 10.3 Å². The van der Waals surface area contributed by atoms with Crippen molar-refractivity contribution in [3.8, 4) is 5.75 Å². The maximum Gasteiger partial charge on any atom is 0.258 e. The van der Waals surface area contributed by atoms with Crippen LogP contribution in [0.1, 0.15) is 0 Å². The summed E-state index contributed by atoms with van der Waals surface area (Å²) in [4.78, 5) is 14.5. The van der Waals surface area contributed by atoms with Crippen molar-refractivity contribution in [2.24, 2.45) is 0 Å². The number of nitrogens with one attached hydrogen (secondary N) is 2. The molecule has 5 heteroatoms. The number of carbonyl (C=O) groups excluding carboxylic acids is 1. The highest BCUT2D eigenvalue weighted by Gasteiger charge is 2.03. The monoisotopic (exact) mass is 248 g/mol. The molecule has 0 bridgehead atoms. The van der Waals surface area contributed by atoms with Crippen LogP contribution in [0.5, 0.6) is 5.75 Å². The number of methoxy groups -OCH3 is 1. The minimum absolute atomic E-state index is 0.0135. The second-order valence-electron chi connectivity index (χ2n) is 3.86. The summed E-state index contributed by atoms with van der Waals surface area (Å²) in [5.41, 5.74) is 1.05. The molecule has 1 amide bonds. The molecular weight excluding hydrogens is 232 g/mol. The molecule has 0 aliphatic carbocycles. The summed E-state index contributed by atoms with van der Waals surface area (Å²) in [5, 5.41) is 3.75. The van der Waals surface area contributed by atoms with Crippen LogP contribution in [0, 0.1) is 0 Å². The zero-order valence-corrected chi connectivity index (χ0v) is 10.2. The summed E-state index contributed by atoms with van der Waals surface area (Å²) in [7, 11) is 1.59. The van der Waals surface area contributed by atoms with Gasteiger partial charge in [-0.05, 0) is 24.3 Å². The predicted octanol–water partition coefficient (Wildman–Crippen LogP) is 1.31. The molecule has 0 saturated heterocycles. The first-order valence-electron chi connectivity index (χ1n) is 5.75. The predicted molar refractivity (Wildman–Crippen MR) is 68.7 cm³/mol. The average molecular weight is 248 g/mol. The Morgan fingerprint density at radius 1 is 1.39 bits per heavy atom. The molecule has 0 unspecified atom stereocenters. The molecule has 1 aromatic carbocycles. The SMILES string of the molecule is COCCNC(=O)COc1ccc2[nH]ccc2c1. The molecule has 2 rings (SSSR count). The third-order valence-electron chi connectivity index (χ3n) is 2.52. The quantitative estimate of drug-likeness (QED) is 0.758. The van der Waals surface area contributed by atoms with Crippen LogP contribution >= 0.6 is 0 Å². The molecule has 18 heavy (non-hydrogen) atoms. The average Bonchev–Trinajstić information content (AvgIpc) is 2.84. The first kappa shape index (κ1) is 12.4. The van der Waals surface area contributed by atoms with Gasteiger partial charge in [-0.25, -0.2) is 0 Å². The van der Waals surface area contributed by atoms with Crippen molar-refractivity contribution < 1.29 is 14.3 Å². The Hall–Kier alpha value is -2.01. The Labute approximate surface area is 105 Å². The Bertz CT molecular complexity index is 522. The van der Waals surface area contributed by atoms with E-state index in [4.69, 9.17) is 9.47 Å². The number of aromatic nitrogens is 1. The number of hydrogen-bond acceptors (Lipinski definition) is 3. The second-order valence-corrected chi connectivity index (χ2v) is 3.86. The lowest BCUT2D eigenvalue weighted by atomic mass is 10.2. The lowest BCUT2D eigenvalue weighted by Crippen LogP contribution is -2.31. The van der Waals surface area contributed by atoms with Gasteiger partial charge in [-0.3, -0.25) is 4.79 Å². The summed E-state index contributed by atoms with van der Waals surface area (Å²) in [6, 6.07) is 7.61. The molecule has 0 atom stereocenters. The third kappa shape index (κ3) is 3.24. The minimum Gasteiger partial charge on any atom is -0.484 e. The fourth-order valence-corrected chi connectivity index (χ4v) is 1.61. The van der Waals surface area contributed by atoms with Crippen LogP contribution in [0.4, 0.5) is 0 Å². The molecule has 96 valence electrons. The van der Waals surface area contributed by atoms with Crippen molar-refractivity contribution in [3.05, 3.63) is 30.5 Å². The fourth-order valence-electron chi connectivity index (χ4n) is 1.61. The van der Waals surface area contributed by atoms with E-state index in [1.54, 1.807) is 7.11 Å². The second kappa shape index (κ2) is 6.07. The molecule has 0 radical (unpaired) electrons. The summed E-state index contributed by atoms with van der Waals surface area (Å²) >= 11 is 0. The van der Waals surface area contributed by atoms with Gasteiger partial charge in [-0.15, -0.1) is 0 Å². The van der Waals surface area contributed by atoms with Gasteiger partial charge < -0.3 is 19.8 Å². The Morgan fingerprint density at radius 2 is 2.28 bits per heavy atom. The molecule has 2 N–H and O–H groups in total. The number of hydrogen-bond donors (Lipinski definition) is 2. The maximum atomic E-state index is 11.4. The van der Waals surface area contributed by atoms with Crippen LogP contribution in [-0.4, -0.2) is 37.8 Å². The summed E-state index contributed by atoms with van der Waals surface area (Å²) in [6.07, 6.45) is 1.87. The Kier molecular flexibility index (Phi) is 4.20. The standard InChI is InChI=1S/C13H16N2O3/c1-17-7-6-15-13(16)9-18-11-2-3-12-10(8-11)4-5-14-12/h2-5,8,14H,6-7,9H2,1H3,(H,15,16). The highest BCUT2D eigenvalue weighted by Crippen LogP contribution is 2.19. The highest BCUT2D eigenvalue weighted by atomic mass is 16.5. The molecule has 0 spiro atoms. The zero-order valence-electron chi connectivity index (χ0n) is 10.2. The summed E-state index contributed by atoms with van der Waals surface area (Å²) < 4.78 is 10.2. The van der Waals surface area contributed by atoms with Gasteiger partial charge in [0.25, 0.3) is 5.91 Å². The number of ether oxygens (including phenoxy) is 2. The molecule has 0 fully saturated rings. The van der Waals surface area contributed by atoms with Crippen LogP contribution in [0.2, 0.25) is 0 Å². The van der Waals surface area contributed by atoms with Crippen molar-refractivity contribution >= 4 is 16.8 Å². The van der Waals surface area contributed by atoms with Crippen molar-refractivity contribution in [2.75, 3.05) is 26.9 Å². The molecular formula is C13H16N2O3. The first-order valence-corrected chi connectivity index (χ1v) is 5.75. The van der Waals surface area contributed by atoms with Crippen LogP contribution < -0.4 is 10.1 Å². The highest BCUT2D eigenvalue weighted by molar-refractivity contribution is 5.81. The number of carbonyl (C=O) groups is 1. The maximum absolute atomic E-state index is 11.4. The van der Waals surface area contributed by atoms with Crippen LogP contribution in [0.15, 0.2) is 30.5 Å². The third-order valence-corrected chi connectivity index (χ3v) is 2.52. The van der Waals surface area contributed by atoms with E-state index in [0.717, 1.165) is 10.9 Å². The number of amides is 1. The van der Waals surface area contributed by atoms with Crippen LogP contribution in [0.25, 0.3) is 10.9 Å². The van der Waals surface area contributed by atoms with E-state index in [0.29, 0.717) is 18.9 Å². The van der Waals surface area contributed by atoms with E-state index >= 15 is 0 Å². The van der Waals surface area contributed by atoms with Crippen molar-refractivity contribution in [3.63, 3.8) is 0 Å². The van der Waals surface area contributed by atoms with Crippen LogP contribution in [-0.2, 0) is 9.53 Å². The van der Waals surface area contributed by atoms with Crippen molar-refractivity contribution in [2.45, 2.75) is 0 Å². The van der Waals surface area contributed by atoms with Crippen LogP contribution in [0.3, 0.4) is 0 Å². The van der Waals surface area contributed by atoms with Gasteiger partial charge in [-0.2, -0.15) is 0 Å². The topological polar surface area (TPSA) is 63.4 Å². The smallest absolute Gasteiger partial charge is 0.258 e. The lowest BCUT2D eigenvalue weighted by Gasteiger charge is -2.07. The number of rotatable bonds is 6. The summed E-state index contributed by atoms with van der Waals surface area (Å²) in [5.74, 6) is 0.533. The van der Waals surface area contributed by atoms with Crippen molar-refractivity contribution in [1.29, 1.82) is 0 Å². The fraction of sp³-hybridized carbons (Fsp3) is 0.308. The van der Waals surface area contributed by atoms with Gasteiger partial charge in [0.15, 0.2) is 6.61 Å². The number of H-pyrrole nitrogens is 1. The van der Waals surface area contributed by atoms with Gasteiger partial charge in [0.05, 0.1) is 6.61 Å². The van der Waals surface area contributed by atoms with Crippen molar-refractivity contribution in [1.82, 2.24) is 10.3 Å². The largest absolute Gasteiger partial charge is 0.484 e. The zero-order chi connectivity index (χ0) is 12.8. The first-order chi connectivity index (χ1) is 8.79. The number of benzene rings is 1. The molecule has 0 aliphatic rings. The molecule has 0 aliphatic heterocycles. The number of aromatic amines is 1. The minimum atomic E-state index is -0.152. The molecule has 2 aromatic rings. The normalized spacial score (nSPS) is 10.5. The molecule has 5 nitrogen and oxygen atoms in total. The van der Waals surface area contributed by atoms with E-state index in [1.807, 2.05) is 30.5 Å². The van der Waals surface area contributed by atoms with E-state index in [-0.39, 0.29) is 12.5 Å². The lowest BCUT2D eigenvalue weighted by molar-refractivity contribution is -0.123. The van der Waals surface area contributed by atoms with Gasteiger partial charge in [-0.1, -0.05) is 0 Å². The van der Waals surface area contributed by atoms with Gasteiger partial charge in [0.2, 0.25) is 0 Å². The van der Waals surface area contributed by atoms with E-state index in [1.165, 1.54) is 0 Å². The van der Waals surface area contributed by atoms with Gasteiger partial charge >= 0.3 is 0 Å². The van der Waals surface area contributed by atoms with Gasteiger partial charge in [0.1, 0.15) is 5.75 Å². The molecule has 1 aromatic heterocycles. The van der Waals surface area contributed by atoms with E-state index < -0.39 is 0 Å². The number of fused-ring (bicyclic) bond motifs is 1.